The Bertz CT molecular complexity index is 314. The number of halogens is 1. The molecule has 1 unspecified atom stereocenters. The number of thiophene rings is 1. The second kappa shape index (κ2) is 5.46. The van der Waals surface area contributed by atoms with Gasteiger partial charge < -0.3 is 10.5 Å². The van der Waals surface area contributed by atoms with Gasteiger partial charge >= 0.3 is 0 Å². The van der Waals surface area contributed by atoms with Crippen molar-refractivity contribution < 1.29 is 9.53 Å². The molecule has 5 heteroatoms. The highest BCUT2D eigenvalue weighted by molar-refractivity contribution is 7.18. The second-order valence-corrected chi connectivity index (χ2v) is 4.66. The van der Waals surface area contributed by atoms with Gasteiger partial charge in [-0.15, -0.1) is 11.3 Å². The van der Waals surface area contributed by atoms with Crippen LogP contribution in [0, 0.1) is 0 Å². The number of hydrogen-bond acceptors (Lipinski definition) is 4. The van der Waals surface area contributed by atoms with Crippen molar-refractivity contribution in [2.24, 2.45) is 5.73 Å². The highest BCUT2D eigenvalue weighted by Crippen LogP contribution is 2.22. The van der Waals surface area contributed by atoms with E-state index in [-0.39, 0.29) is 11.8 Å². The lowest BCUT2D eigenvalue weighted by Crippen LogP contribution is -2.28. The zero-order valence-corrected chi connectivity index (χ0v) is 9.40. The van der Waals surface area contributed by atoms with Crippen molar-refractivity contribution in [3.63, 3.8) is 0 Å². The maximum atomic E-state index is 11.6. The lowest BCUT2D eigenvalue weighted by molar-refractivity contribution is 0.0953. The maximum absolute atomic E-state index is 11.6. The molecule has 0 bridgehead atoms. The molecule has 0 aromatic carbocycles. The molecule has 0 radical (unpaired) electrons. The van der Waals surface area contributed by atoms with Crippen LogP contribution in [0.5, 0.6) is 0 Å². The van der Waals surface area contributed by atoms with Crippen LogP contribution in [0.25, 0.3) is 0 Å². The van der Waals surface area contributed by atoms with Gasteiger partial charge in [-0.25, -0.2) is 0 Å². The number of Topliss-reactive ketones (excluding diaryl/α,β-unsaturated/α-hetero) is 1. The van der Waals surface area contributed by atoms with Gasteiger partial charge in [0.2, 0.25) is 0 Å². The van der Waals surface area contributed by atoms with Crippen LogP contribution in [0.4, 0.5) is 0 Å². The lowest BCUT2D eigenvalue weighted by Gasteiger charge is -2.07. The molecule has 0 saturated carbocycles. The third-order valence-electron chi connectivity index (χ3n) is 1.68. The Hall–Kier alpha value is -0.420. The molecular weight excluding hydrogens is 222 g/mol. The Morgan fingerprint density at radius 2 is 2.43 bits per heavy atom. The van der Waals surface area contributed by atoms with Gasteiger partial charge in [0.15, 0.2) is 5.78 Å². The number of carbonyl (C=O) groups is 1. The molecule has 14 heavy (non-hydrogen) atoms. The summed E-state index contributed by atoms with van der Waals surface area (Å²) in [4.78, 5) is 12.2. The van der Waals surface area contributed by atoms with Crippen molar-refractivity contribution in [2.45, 2.75) is 12.5 Å². The Labute approximate surface area is 91.8 Å². The quantitative estimate of drug-likeness (QED) is 0.791. The van der Waals surface area contributed by atoms with Crippen molar-refractivity contribution in [3.05, 3.63) is 21.3 Å². The van der Waals surface area contributed by atoms with Gasteiger partial charge in [-0.05, 0) is 12.1 Å². The molecule has 1 aromatic heterocycles. The van der Waals surface area contributed by atoms with E-state index in [9.17, 15) is 4.79 Å². The minimum atomic E-state index is -0.242. The van der Waals surface area contributed by atoms with Crippen LogP contribution in [-0.4, -0.2) is 25.5 Å². The number of carbonyl (C=O) groups excluding carboxylic acids is 1. The van der Waals surface area contributed by atoms with E-state index < -0.39 is 0 Å². The summed E-state index contributed by atoms with van der Waals surface area (Å²) in [5.41, 5.74) is 5.66. The zero-order chi connectivity index (χ0) is 10.6. The first kappa shape index (κ1) is 11.7. The Balaban J connectivity index is 2.50. The number of hydrogen-bond donors (Lipinski definition) is 1. The third kappa shape index (κ3) is 3.38. The third-order valence-corrected chi connectivity index (χ3v) is 2.95. The molecule has 1 heterocycles. The van der Waals surface area contributed by atoms with E-state index in [1.165, 1.54) is 11.3 Å². The van der Waals surface area contributed by atoms with Gasteiger partial charge in [0.05, 0.1) is 15.8 Å². The molecule has 1 atom stereocenters. The Kier molecular flexibility index (Phi) is 4.54. The van der Waals surface area contributed by atoms with E-state index in [0.29, 0.717) is 22.2 Å². The van der Waals surface area contributed by atoms with Crippen LogP contribution in [0.2, 0.25) is 4.34 Å². The first-order valence-corrected chi connectivity index (χ1v) is 5.36. The van der Waals surface area contributed by atoms with Crippen molar-refractivity contribution in [1.82, 2.24) is 0 Å². The summed E-state index contributed by atoms with van der Waals surface area (Å²) < 4.78 is 5.46. The largest absolute Gasteiger partial charge is 0.383 e. The van der Waals surface area contributed by atoms with Crippen molar-refractivity contribution in [3.8, 4) is 0 Å². The number of nitrogens with two attached hydrogens (primary N) is 1. The standard InChI is InChI=1S/C9H12ClNO2S/c1-13-5-6(11)4-7(12)8-2-3-9(10)14-8/h2-3,6H,4-5,11H2,1H3. The average molecular weight is 234 g/mol. The van der Waals surface area contributed by atoms with E-state index in [1.54, 1.807) is 19.2 Å². The molecule has 0 fully saturated rings. The molecule has 0 amide bonds. The second-order valence-electron chi connectivity index (χ2n) is 2.95. The van der Waals surface area contributed by atoms with Crippen LogP contribution in [-0.2, 0) is 4.74 Å². The first-order chi connectivity index (χ1) is 6.63. The fourth-order valence-corrected chi connectivity index (χ4v) is 2.07. The number of ether oxygens (including phenoxy) is 1. The van der Waals surface area contributed by atoms with Crippen molar-refractivity contribution >= 4 is 28.7 Å². The van der Waals surface area contributed by atoms with Crippen LogP contribution < -0.4 is 5.73 Å². The minimum absolute atomic E-state index is 0.0199. The summed E-state index contributed by atoms with van der Waals surface area (Å²) in [6.07, 6.45) is 0.296. The number of ketones is 1. The number of methoxy groups -OCH3 is 1. The van der Waals surface area contributed by atoms with Crippen LogP contribution >= 0.6 is 22.9 Å². The van der Waals surface area contributed by atoms with Gasteiger partial charge in [-0.2, -0.15) is 0 Å². The highest BCUT2D eigenvalue weighted by atomic mass is 35.5. The van der Waals surface area contributed by atoms with E-state index in [1.807, 2.05) is 0 Å². The summed E-state index contributed by atoms with van der Waals surface area (Å²) in [7, 11) is 1.56. The summed E-state index contributed by atoms with van der Waals surface area (Å²) in [5, 5.41) is 0. The SMILES string of the molecule is COCC(N)CC(=O)c1ccc(Cl)s1. The molecule has 2 N–H and O–H groups in total. The summed E-state index contributed by atoms with van der Waals surface area (Å²) in [6.45, 7) is 0.394. The summed E-state index contributed by atoms with van der Waals surface area (Å²) >= 11 is 6.99. The molecule has 0 aliphatic carbocycles. The Morgan fingerprint density at radius 1 is 1.71 bits per heavy atom. The van der Waals surface area contributed by atoms with Gasteiger partial charge in [0.1, 0.15) is 0 Å². The van der Waals surface area contributed by atoms with Crippen LogP contribution in [0.1, 0.15) is 16.1 Å². The predicted molar refractivity (Wildman–Crippen MR) is 58.1 cm³/mol. The zero-order valence-electron chi connectivity index (χ0n) is 7.83. The molecule has 3 nitrogen and oxygen atoms in total. The lowest BCUT2D eigenvalue weighted by atomic mass is 10.1. The number of rotatable bonds is 5. The Morgan fingerprint density at radius 3 is 2.93 bits per heavy atom. The minimum Gasteiger partial charge on any atom is -0.383 e. The van der Waals surface area contributed by atoms with E-state index in [4.69, 9.17) is 22.1 Å². The molecule has 0 spiro atoms. The topological polar surface area (TPSA) is 52.3 Å². The molecule has 0 aliphatic rings. The van der Waals surface area contributed by atoms with Crippen LogP contribution in [0.3, 0.4) is 0 Å². The molecule has 0 saturated heterocycles. The predicted octanol–water partition coefficient (Wildman–Crippen LogP) is 1.95. The highest BCUT2D eigenvalue weighted by Gasteiger charge is 2.13. The van der Waals surface area contributed by atoms with Crippen molar-refractivity contribution in [2.75, 3.05) is 13.7 Å². The normalized spacial score (nSPS) is 12.8. The van der Waals surface area contributed by atoms with Crippen molar-refractivity contribution in [1.29, 1.82) is 0 Å². The molecule has 0 aliphatic heterocycles. The molecular formula is C9H12ClNO2S. The average Bonchev–Trinajstić information content (AvgIpc) is 2.52. The van der Waals surface area contributed by atoms with Gasteiger partial charge in [-0.3, -0.25) is 4.79 Å². The molecule has 1 aromatic rings. The summed E-state index contributed by atoms with van der Waals surface area (Å²) in [6, 6.07) is 3.18. The molecule has 78 valence electrons. The summed E-state index contributed by atoms with van der Waals surface area (Å²) in [5.74, 6) is 0.0199. The van der Waals surface area contributed by atoms with Gasteiger partial charge in [0.25, 0.3) is 0 Å². The maximum Gasteiger partial charge on any atom is 0.174 e. The van der Waals surface area contributed by atoms with E-state index in [2.05, 4.69) is 0 Å². The fourth-order valence-electron chi connectivity index (χ4n) is 1.08. The molecule has 1 rings (SSSR count). The van der Waals surface area contributed by atoms with E-state index in [0.717, 1.165) is 0 Å². The van der Waals surface area contributed by atoms with Gasteiger partial charge in [-0.1, -0.05) is 11.6 Å². The van der Waals surface area contributed by atoms with Gasteiger partial charge in [0, 0.05) is 19.6 Å². The van der Waals surface area contributed by atoms with Crippen LogP contribution in [0.15, 0.2) is 12.1 Å². The van der Waals surface area contributed by atoms with E-state index >= 15 is 0 Å². The fraction of sp³-hybridized carbons (Fsp3) is 0.444. The monoisotopic (exact) mass is 233 g/mol. The first-order valence-electron chi connectivity index (χ1n) is 4.16. The smallest absolute Gasteiger partial charge is 0.174 e.